The smallest absolute Gasteiger partial charge is 0.399 e. The van der Waals surface area contributed by atoms with Crippen molar-refractivity contribution in [2.45, 2.75) is 0 Å². The second kappa shape index (κ2) is 4.77. The van der Waals surface area contributed by atoms with Gasteiger partial charge in [-0.25, -0.2) is 0 Å². The molecule has 4 heteroatoms. The van der Waals surface area contributed by atoms with Crippen molar-refractivity contribution in [3.63, 3.8) is 0 Å². The Balaban J connectivity index is 2.11. The van der Waals surface area contributed by atoms with E-state index >= 15 is 0 Å². The number of hydrogen-bond acceptors (Lipinski definition) is 3. The molecule has 0 heterocycles. The van der Waals surface area contributed by atoms with Crippen LogP contribution in [0, 0.1) is 0 Å². The Labute approximate surface area is 94.7 Å². The summed E-state index contributed by atoms with van der Waals surface area (Å²) in [7, 11) is -1.85. The minimum atomic E-state index is -1.85. The molecule has 0 saturated heterocycles. The number of nitrogen functional groups attached to an aromatic ring is 1. The molecule has 0 radical (unpaired) electrons. The van der Waals surface area contributed by atoms with Crippen molar-refractivity contribution in [1.82, 2.24) is 0 Å². The molecule has 2 N–H and O–H groups in total. The zero-order valence-electron chi connectivity index (χ0n) is 8.54. The molecule has 0 aromatic heterocycles. The molecule has 0 aliphatic carbocycles. The van der Waals surface area contributed by atoms with E-state index in [4.69, 9.17) is 10.3 Å². The maximum absolute atomic E-state index is 11.8. The summed E-state index contributed by atoms with van der Waals surface area (Å²) in [6, 6.07) is 15.9. The van der Waals surface area contributed by atoms with Crippen molar-refractivity contribution in [3.8, 4) is 5.75 Å². The minimum absolute atomic E-state index is 0.555. The first-order chi connectivity index (χ1) is 7.75. The fourth-order valence-electron chi connectivity index (χ4n) is 1.23. The summed E-state index contributed by atoms with van der Waals surface area (Å²) >= 11 is 0. The van der Waals surface area contributed by atoms with E-state index in [0.29, 0.717) is 16.7 Å². The van der Waals surface area contributed by atoms with Gasteiger partial charge in [0.2, 0.25) is 5.30 Å². The zero-order valence-corrected chi connectivity index (χ0v) is 9.43. The number of benzene rings is 2. The molecule has 0 saturated carbocycles. The molecule has 3 nitrogen and oxygen atoms in total. The number of anilines is 1. The molecule has 0 fully saturated rings. The topological polar surface area (TPSA) is 52.3 Å². The van der Waals surface area contributed by atoms with Gasteiger partial charge >= 0.3 is 8.03 Å². The van der Waals surface area contributed by atoms with E-state index in [0.717, 1.165) is 0 Å². The summed E-state index contributed by atoms with van der Waals surface area (Å²) in [5.41, 5.74) is 6.20. The third kappa shape index (κ3) is 2.59. The van der Waals surface area contributed by atoms with E-state index in [-0.39, 0.29) is 0 Å². The highest BCUT2D eigenvalue weighted by Gasteiger charge is 2.22. The Hall–Kier alpha value is -1.86. The lowest BCUT2D eigenvalue weighted by atomic mass is 10.3. The van der Waals surface area contributed by atoms with Gasteiger partial charge in [-0.2, -0.15) is 0 Å². The van der Waals surface area contributed by atoms with E-state index in [9.17, 15) is 4.57 Å². The molecule has 1 unspecified atom stereocenters. The maximum Gasteiger partial charge on any atom is 0.597 e. The SMILES string of the molecule is Nc1ccc(O[P+](=O)c2ccccc2)cc1. The van der Waals surface area contributed by atoms with Crippen molar-refractivity contribution in [1.29, 1.82) is 0 Å². The van der Waals surface area contributed by atoms with Gasteiger partial charge in [0.15, 0.2) is 5.75 Å². The largest absolute Gasteiger partial charge is 0.597 e. The average Bonchev–Trinajstić information content (AvgIpc) is 2.33. The van der Waals surface area contributed by atoms with Gasteiger partial charge in [0.25, 0.3) is 0 Å². The average molecular weight is 232 g/mol. The summed E-state index contributed by atoms with van der Waals surface area (Å²) in [5.74, 6) is 0.555. The van der Waals surface area contributed by atoms with Crippen LogP contribution >= 0.6 is 8.03 Å². The Kier molecular flexibility index (Phi) is 3.18. The Morgan fingerprint density at radius 1 is 0.938 bits per heavy atom. The van der Waals surface area contributed by atoms with Crippen molar-refractivity contribution >= 4 is 19.0 Å². The molecule has 0 bridgehead atoms. The first-order valence-electron chi connectivity index (χ1n) is 4.81. The highest BCUT2D eigenvalue weighted by molar-refractivity contribution is 7.48. The fraction of sp³-hybridized carbons (Fsp3) is 0. The van der Waals surface area contributed by atoms with Gasteiger partial charge < -0.3 is 5.73 Å². The number of rotatable bonds is 3. The molecular weight excluding hydrogens is 221 g/mol. The van der Waals surface area contributed by atoms with Crippen LogP contribution in [0.2, 0.25) is 0 Å². The molecule has 0 amide bonds. The quantitative estimate of drug-likeness (QED) is 0.653. The second-order valence-electron chi connectivity index (χ2n) is 3.25. The first-order valence-corrected chi connectivity index (χ1v) is 5.99. The van der Waals surface area contributed by atoms with E-state index in [1.165, 1.54) is 0 Å². The summed E-state index contributed by atoms with van der Waals surface area (Å²) in [6.07, 6.45) is 0. The van der Waals surface area contributed by atoms with Gasteiger partial charge in [-0.1, -0.05) is 18.2 Å². The Morgan fingerprint density at radius 2 is 1.56 bits per heavy atom. The molecule has 0 aliphatic rings. The lowest BCUT2D eigenvalue weighted by Crippen LogP contribution is -1.98. The monoisotopic (exact) mass is 232 g/mol. The van der Waals surface area contributed by atoms with Crippen LogP contribution in [0.5, 0.6) is 5.75 Å². The first kappa shape index (κ1) is 10.7. The van der Waals surface area contributed by atoms with Gasteiger partial charge in [0.1, 0.15) is 0 Å². The van der Waals surface area contributed by atoms with Crippen LogP contribution in [0.4, 0.5) is 5.69 Å². The van der Waals surface area contributed by atoms with Crippen molar-refractivity contribution in [2.24, 2.45) is 0 Å². The van der Waals surface area contributed by atoms with Crippen LogP contribution in [-0.2, 0) is 4.57 Å². The van der Waals surface area contributed by atoms with Crippen molar-refractivity contribution < 1.29 is 9.09 Å². The number of nitrogens with two attached hydrogens (primary N) is 1. The van der Waals surface area contributed by atoms with Crippen molar-refractivity contribution in [2.75, 3.05) is 5.73 Å². The third-order valence-electron chi connectivity index (χ3n) is 2.04. The molecule has 0 aliphatic heterocycles. The third-order valence-corrected chi connectivity index (χ3v) is 3.13. The van der Waals surface area contributed by atoms with Crippen LogP contribution in [-0.4, -0.2) is 0 Å². The summed E-state index contributed by atoms with van der Waals surface area (Å²) in [4.78, 5) is 0. The second-order valence-corrected chi connectivity index (χ2v) is 4.47. The molecule has 1 atom stereocenters. The summed E-state index contributed by atoms with van der Waals surface area (Å²) < 4.78 is 17.1. The van der Waals surface area contributed by atoms with Gasteiger partial charge in [0, 0.05) is 5.69 Å². The van der Waals surface area contributed by atoms with Crippen LogP contribution in [0.25, 0.3) is 0 Å². The zero-order chi connectivity index (χ0) is 11.4. The Morgan fingerprint density at radius 3 is 2.19 bits per heavy atom. The molecule has 2 rings (SSSR count). The lowest BCUT2D eigenvalue weighted by Gasteiger charge is -1.94. The van der Waals surface area contributed by atoms with E-state index < -0.39 is 8.03 Å². The van der Waals surface area contributed by atoms with Gasteiger partial charge in [-0.15, -0.1) is 0 Å². The fourth-order valence-corrected chi connectivity index (χ4v) is 2.06. The highest BCUT2D eigenvalue weighted by Crippen LogP contribution is 2.26. The van der Waals surface area contributed by atoms with Gasteiger partial charge in [-0.05, 0) is 41.0 Å². The maximum atomic E-state index is 11.8. The normalized spacial score (nSPS) is 10.9. The minimum Gasteiger partial charge on any atom is -0.399 e. The summed E-state index contributed by atoms with van der Waals surface area (Å²) in [5, 5.41) is 0.675. The van der Waals surface area contributed by atoms with E-state index in [1.807, 2.05) is 18.2 Å². The summed E-state index contributed by atoms with van der Waals surface area (Å²) in [6.45, 7) is 0. The predicted molar refractivity (Wildman–Crippen MR) is 65.2 cm³/mol. The number of hydrogen-bond donors (Lipinski definition) is 1. The molecule has 2 aromatic rings. The standard InChI is InChI=1S/C12H11NO2P/c13-10-6-8-11(9-7-10)15-16(14)12-4-2-1-3-5-12/h1-9H,13H2/q+1. The predicted octanol–water partition coefficient (Wildman–Crippen LogP) is 2.72. The van der Waals surface area contributed by atoms with Crippen LogP contribution < -0.4 is 15.6 Å². The molecule has 16 heavy (non-hydrogen) atoms. The molecule has 80 valence electrons. The van der Waals surface area contributed by atoms with Crippen LogP contribution in [0.15, 0.2) is 54.6 Å². The van der Waals surface area contributed by atoms with E-state index in [1.54, 1.807) is 36.4 Å². The van der Waals surface area contributed by atoms with Gasteiger partial charge in [0.05, 0.1) is 0 Å². The molecular formula is C12H11NO2P+. The highest BCUT2D eigenvalue weighted by atomic mass is 31.1. The molecule has 2 aromatic carbocycles. The van der Waals surface area contributed by atoms with E-state index in [2.05, 4.69) is 0 Å². The lowest BCUT2D eigenvalue weighted by molar-refractivity contribution is 0.514. The van der Waals surface area contributed by atoms with Gasteiger partial charge in [-0.3, -0.25) is 4.52 Å². The molecule has 0 spiro atoms. The van der Waals surface area contributed by atoms with Crippen molar-refractivity contribution in [3.05, 3.63) is 54.6 Å². The van der Waals surface area contributed by atoms with Crippen LogP contribution in [0.1, 0.15) is 0 Å². The Bertz CT molecular complexity index is 482. The van der Waals surface area contributed by atoms with Crippen LogP contribution in [0.3, 0.4) is 0 Å².